The second kappa shape index (κ2) is 5.15. The smallest absolute Gasteiger partial charge is 0.133 e. The van der Waals surface area contributed by atoms with E-state index in [1.54, 1.807) is 0 Å². The number of carbonyl (C=O) groups excluding carboxylic acids is 1. The monoisotopic (exact) mass is 260 g/mol. The Hall–Kier alpha value is -1.65. The molecule has 0 radical (unpaired) electrons. The van der Waals surface area contributed by atoms with E-state index in [2.05, 4.69) is 20.6 Å². The summed E-state index contributed by atoms with van der Waals surface area (Å²) in [5.74, 6) is 2.94. The highest BCUT2D eigenvalue weighted by molar-refractivity contribution is 5.79. The standard InChI is InChI=1S/C14H20N4O/c1-9-15-13(17-10-2-3-10)8-14(16-9)18-11-4-6-12(19)7-5-11/h8,10-11H,2-7H2,1H3,(H2,15,16,17,18). The molecule has 0 unspecified atom stereocenters. The fourth-order valence-electron chi connectivity index (χ4n) is 2.45. The fraction of sp³-hybridized carbons (Fsp3) is 0.643. The minimum atomic E-state index is 0.362. The van der Waals surface area contributed by atoms with Crippen LogP contribution in [0.3, 0.4) is 0 Å². The van der Waals surface area contributed by atoms with Gasteiger partial charge >= 0.3 is 0 Å². The molecule has 5 heteroatoms. The minimum absolute atomic E-state index is 0.362. The number of anilines is 2. The van der Waals surface area contributed by atoms with Crippen molar-refractivity contribution in [2.75, 3.05) is 10.6 Å². The van der Waals surface area contributed by atoms with Crippen LogP contribution in [0.15, 0.2) is 6.07 Å². The molecule has 3 rings (SSSR count). The van der Waals surface area contributed by atoms with Crippen molar-refractivity contribution in [3.05, 3.63) is 11.9 Å². The number of carbonyl (C=O) groups is 1. The molecule has 2 N–H and O–H groups in total. The van der Waals surface area contributed by atoms with Gasteiger partial charge in [0.25, 0.3) is 0 Å². The van der Waals surface area contributed by atoms with Crippen LogP contribution < -0.4 is 10.6 Å². The number of hydrogen-bond acceptors (Lipinski definition) is 5. The first kappa shape index (κ1) is 12.4. The fourth-order valence-corrected chi connectivity index (χ4v) is 2.45. The predicted molar refractivity (Wildman–Crippen MR) is 74.3 cm³/mol. The van der Waals surface area contributed by atoms with Crippen LogP contribution in [0, 0.1) is 6.92 Å². The van der Waals surface area contributed by atoms with Crippen molar-refractivity contribution in [1.29, 1.82) is 0 Å². The third kappa shape index (κ3) is 3.43. The molecule has 0 amide bonds. The van der Waals surface area contributed by atoms with Crippen LogP contribution in [-0.2, 0) is 4.79 Å². The number of nitrogens with one attached hydrogen (secondary N) is 2. The maximum atomic E-state index is 11.2. The van der Waals surface area contributed by atoms with Crippen molar-refractivity contribution in [3.8, 4) is 0 Å². The molecule has 0 bridgehead atoms. The predicted octanol–water partition coefficient (Wildman–Crippen LogP) is 2.28. The highest BCUT2D eigenvalue weighted by Gasteiger charge is 2.22. The van der Waals surface area contributed by atoms with Gasteiger partial charge in [0.05, 0.1) is 0 Å². The summed E-state index contributed by atoms with van der Waals surface area (Å²) in [7, 11) is 0. The van der Waals surface area contributed by atoms with Crippen molar-refractivity contribution >= 4 is 17.4 Å². The zero-order valence-electron chi connectivity index (χ0n) is 11.3. The summed E-state index contributed by atoms with van der Waals surface area (Å²) in [4.78, 5) is 20.1. The van der Waals surface area contributed by atoms with Crippen LogP contribution in [0.5, 0.6) is 0 Å². The summed E-state index contributed by atoms with van der Waals surface area (Å²) in [5, 5.41) is 6.83. The number of ketones is 1. The van der Waals surface area contributed by atoms with Gasteiger partial charge < -0.3 is 10.6 Å². The van der Waals surface area contributed by atoms with Crippen molar-refractivity contribution < 1.29 is 4.79 Å². The van der Waals surface area contributed by atoms with E-state index >= 15 is 0 Å². The third-order valence-electron chi connectivity index (χ3n) is 3.66. The lowest BCUT2D eigenvalue weighted by atomic mass is 9.94. The molecule has 2 saturated carbocycles. The van der Waals surface area contributed by atoms with E-state index in [1.807, 2.05) is 13.0 Å². The van der Waals surface area contributed by atoms with Crippen LogP contribution in [0.4, 0.5) is 11.6 Å². The van der Waals surface area contributed by atoms with Gasteiger partial charge in [-0.1, -0.05) is 0 Å². The summed E-state index contributed by atoms with van der Waals surface area (Å²) in [6.45, 7) is 1.91. The largest absolute Gasteiger partial charge is 0.367 e. The molecule has 2 aliphatic rings. The Labute approximate surface area is 113 Å². The minimum Gasteiger partial charge on any atom is -0.367 e. The van der Waals surface area contributed by atoms with E-state index in [9.17, 15) is 4.79 Å². The maximum Gasteiger partial charge on any atom is 0.133 e. The SMILES string of the molecule is Cc1nc(NC2CCC(=O)CC2)cc(NC2CC2)n1. The van der Waals surface area contributed by atoms with Crippen LogP contribution in [0.25, 0.3) is 0 Å². The van der Waals surface area contributed by atoms with Crippen LogP contribution in [0.1, 0.15) is 44.3 Å². The third-order valence-corrected chi connectivity index (χ3v) is 3.66. The van der Waals surface area contributed by atoms with Gasteiger partial charge in [0.2, 0.25) is 0 Å². The number of aromatic nitrogens is 2. The second-order valence-electron chi connectivity index (χ2n) is 5.56. The Balaban J connectivity index is 1.65. The summed E-state index contributed by atoms with van der Waals surface area (Å²) in [6, 6.07) is 2.93. The lowest BCUT2D eigenvalue weighted by Crippen LogP contribution is -2.26. The molecule has 0 atom stereocenters. The van der Waals surface area contributed by atoms with Gasteiger partial charge in [0.15, 0.2) is 0 Å². The topological polar surface area (TPSA) is 66.9 Å². The van der Waals surface area contributed by atoms with Crippen molar-refractivity contribution in [2.45, 2.75) is 57.5 Å². The molecule has 1 aromatic rings. The number of hydrogen-bond donors (Lipinski definition) is 2. The van der Waals surface area contributed by atoms with Gasteiger partial charge in [-0.05, 0) is 32.6 Å². The number of rotatable bonds is 4. The average Bonchev–Trinajstić information content (AvgIpc) is 3.15. The lowest BCUT2D eigenvalue weighted by Gasteiger charge is -2.23. The first-order valence-electron chi connectivity index (χ1n) is 7.09. The maximum absolute atomic E-state index is 11.2. The number of nitrogens with zero attached hydrogens (tertiary/aromatic N) is 2. The number of Topliss-reactive ketones (excluding diaryl/α,β-unsaturated/α-hetero) is 1. The Kier molecular flexibility index (Phi) is 3.36. The molecule has 1 heterocycles. The first-order chi connectivity index (χ1) is 9.19. The number of aryl methyl sites for hydroxylation is 1. The Morgan fingerprint density at radius 2 is 1.53 bits per heavy atom. The molecule has 102 valence electrons. The molecule has 0 aliphatic heterocycles. The Bertz CT molecular complexity index is 474. The van der Waals surface area contributed by atoms with Crippen LogP contribution in [-0.4, -0.2) is 27.8 Å². The highest BCUT2D eigenvalue weighted by atomic mass is 16.1. The molecule has 0 saturated heterocycles. The molecular formula is C14H20N4O. The van der Waals surface area contributed by atoms with Gasteiger partial charge in [-0.2, -0.15) is 0 Å². The Morgan fingerprint density at radius 1 is 1.00 bits per heavy atom. The lowest BCUT2D eigenvalue weighted by molar-refractivity contribution is -0.120. The van der Waals surface area contributed by atoms with E-state index in [-0.39, 0.29) is 0 Å². The summed E-state index contributed by atoms with van der Waals surface area (Å²) in [5.41, 5.74) is 0. The van der Waals surface area contributed by atoms with E-state index < -0.39 is 0 Å². The zero-order chi connectivity index (χ0) is 13.2. The van der Waals surface area contributed by atoms with Crippen molar-refractivity contribution in [3.63, 3.8) is 0 Å². The second-order valence-corrected chi connectivity index (χ2v) is 5.56. The molecule has 0 spiro atoms. The van der Waals surface area contributed by atoms with Crippen molar-refractivity contribution in [1.82, 2.24) is 9.97 Å². The Morgan fingerprint density at radius 3 is 2.05 bits per heavy atom. The molecule has 2 aliphatic carbocycles. The zero-order valence-corrected chi connectivity index (χ0v) is 11.3. The van der Waals surface area contributed by atoms with Gasteiger partial charge in [0.1, 0.15) is 23.2 Å². The summed E-state index contributed by atoms with van der Waals surface area (Å²) >= 11 is 0. The van der Waals surface area contributed by atoms with Gasteiger partial charge in [0, 0.05) is 31.0 Å². The highest BCUT2D eigenvalue weighted by Crippen LogP contribution is 2.25. The summed E-state index contributed by atoms with van der Waals surface area (Å²) in [6.07, 6.45) is 5.66. The van der Waals surface area contributed by atoms with E-state index in [0.29, 0.717) is 30.7 Å². The van der Waals surface area contributed by atoms with Crippen LogP contribution >= 0.6 is 0 Å². The first-order valence-corrected chi connectivity index (χ1v) is 7.09. The van der Waals surface area contributed by atoms with Gasteiger partial charge in [-0.15, -0.1) is 0 Å². The molecule has 19 heavy (non-hydrogen) atoms. The van der Waals surface area contributed by atoms with E-state index in [4.69, 9.17) is 0 Å². The molecule has 2 fully saturated rings. The van der Waals surface area contributed by atoms with Crippen molar-refractivity contribution in [2.24, 2.45) is 0 Å². The van der Waals surface area contributed by atoms with Crippen LogP contribution in [0.2, 0.25) is 0 Å². The van der Waals surface area contributed by atoms with E-state index in [0.717, 1.165) is 30.3 Å². The summed E-state index contributed by atoms with van der Waals surface area (Å²) < 4.78 is 0. The average molecular weight is 260 g/mol. The quantitative estimate of drug-likeness (QED) is 0.869. The molecular weight excluding hydrogens is 240 g/mol. The molecule has 0 aromatic carbocycles. The molecule has 1 aromatic heterocycles. The van der Waals surface area contributed by atoms with Gasteiger partial charge in [-0.25, -0.2) is 9.97 Å². The van der Waals surface area contributed by atoms with Gasteiger partial charge in [-0.3, -0.25) is 4.79 Å². The normalized spacial score (nSPS) is 20.4. The van der Waals surface area contributed by atoms with E-state index in [1.165, 1.54) is 12.8 Å². The molecule has 5 nitrogen and oxygen atoms in total.